The third kappa shape index (κ3) is 3.32. The number of rotatable bonds is 5. The third-order valence-corrected chi connectivity index (χ3v) is 4.79. The quantitative estimate of drug-likeness (QED) is 0.716. The van der Waals surface area contributed by atoms with Crippen molar-refractivity contribution in [1.29, 1.82) is 0 Å². The van der Waals surface area contributed by atoms with Crippen molar-refractivity contribution in [3.63, 3.8) is 0 Å². The van der Waals surface area contributed by atoms with E-state index in [-0.39, 0.29) is 0 Å². The summed E-state index contributed by atoms with van der Waals surface area (Å²) in [6.45, 7) is 6.77. The second-order valence-electron chi connectivity index (χ2n) is 7.05. The van der Waals surface area contributed by atoms with E-state index >= 15 is 0 Å². The van der Waals surface area contributed by atoms with Gasteiger partial charge in [0.1, 0.15) is 0 Å². The maximum atomic E-state index is 10.3. The molecule has 1 saturated carbocycles. The summed E-state index contributed by atoms with van der Waals surface area (Å²) in [5, 5.41) is 30.5. The Morgan fingerprint density at radius 1 is 1.10 bits per heavy atom. The molecule has 1 aromatic rings. The molecule has 1 aliphatic rings. The first-order valence-electron chi connectivity index (χ1n) is 7.46. The van der Waals surface area contributed by atoms with E-state index in [1.165, 1.54) is 0 Å². The molecule has 0 radical (unpaired) electrons. The van der Waals surface area contributed by atoms with Crippen LogP contribution in [0.1, 0.15) is 52.5 Å². The van der Waals surface area contributed by atoms with Gasteiger partial charge in [-0.05, 0) is 58.0 Å². The van der Waals surface area contributed by atoms with Crippen molar-refractivity contribution in [2.45, 2.75) is 63.8 Å². The summed E-state index contributed by atoms with van der Waals surface area (Å²) in [4.78, 5) is 0. The van der Waals surface area contributed by atoms with Crippen molar-refractivity contribution in [3.8, 4) is 0 Å². The highest BCUT2D eigenvalue weighted by molar-refractivity contribution is 6.60. The minimum absolute atomic E-state index is 0.610. The van der Waals surface area contributed by atoms with Gasteiger partial charge in [-0.25, -0.2) is 0 Å². The average molecular weight is 292 g/mol. The first-order chi connectivity index (χ1) is 9.55. The van der Waals surface area contributed by atoms with E-state index in [1.807, 2.05) is 12.1 Å². The predicted molar refractivity (Wildman–Crippen MR) is 83.3 cm³/mol. The van der Waals surface area contributed by atoms with Gasteiger partial charge in [-0.2, -0.15) is 0 Å². The predicted octanol–water partition coefficient (Wildman–Crippen LogP) is 1.31. The second kappa shape index (κ2) is 5.40. The Morgan fingerprint density at radius 3 is 2.00 bits per heavy atom. The summed E-state index contributed by atoms with van der Waals surface area (Å²) in [7, 11) is -1.11. The van der Waals surface area contributed by atoms with E-state index in [9.17, 15) is 15.2 Å². The fourth-order valence-corrected chi connectivity index (χ4v) is 2.25. The fourth-order valence-electron chi connectivity index (χ4n) is 2.25. The van der Waals surface area contributed by atoms with Crippen molar-refractivity contribution in [2.24, 2.45) is 0 Å². The highest BCUT2D eigenvalue weighted by Crippen LogP contribution is 2.40. The van der Waals surface area contributed by atoms with Gasteiger partial charge in [0, 0.05) is 0 Å². The van der Waals surface area contributed by atoms with Crippen LogP contribution < -0.4 is 5.46 Å². The van der Waals surface area contributed by atoms with E-state index < -0.39 is 23.9 Å². The van der Waals surface area contributed by atoms with Gasteiger partial charge in [0.05, 0.1) is 16.8 Å². The molecule has 0 spiro atoms. The molecule has 21 heavy (non-hydrogen) atoms. The van der Waals surface area contributed by atoms with Crippen LogP contribution in [0.2, 0.25) is 0 Å². The van der Waals surface area contributed by atoms with Crippen molar-refractivity contribution < 1.29 is 19.9 Å². The standard InChI is InChI=1S/C16H25BO4/c1-14(2,18)15(3,4)21-17(20)13-8-6-12(7-9-13)16(19)10-5-11-16/h6-9,18-20H,5,10-11H2,1-4H3. The molecule has 0 atom stereocenters. The first-order valence-corrected chi connectivity index (χ1v) is 7.46. The zero-order valence-electron chi connectivity index (χ0n) is 13.3. The molecule has 3 N–H and O–H groups in total. The van der Waals surface area contributed by atoms with Crippen LogP contribution in [0.15, 0.2) is 24.3 Å². The molecule has 1 aliphatic carbocycles. The number of hydrogen-bond donors (Lipinski definition) is 3. The molecule has 4 nitrogen and oxygen atoms in total. The highest BCUT2D eigenvalue weighted by Gasteiger charge is 2.40. The van der Waals surface area contributed by atoms with Gasteiger partial charge in [-0.1, -0.05) is 24.3 Å². The second-order valence-corrected chi connectivity index (χ2v) is 7.05. The van der Waals surface area contributed by atoms with Crippen molar-refractivity contribution in [3.05, 3.63) is 29.8 Å². The molecule has 0 saturated heterocycles. The molecule has 1 aromatic carbocycles. The Bertz CT molecular complexity index is 486. The average Bonchev–Trinajstić information content (AvgIpc) is 2.34. The number of aliphatic hydroxyl groups is 2. The van der Waals surface area contributed by atoms with Crippen molar-refractivity contribution in [1.82, 2.24) is 0 Å². The van der Waals surface area contributed by atoms with E-state index in [4.69, 9.17) is 4.65 Å². The van der Waals surface area contributed by atoms with Crippen LogP contribution in [0, 0.1) is 0 Å². The van der Waals surface area contributed by atoms with E-state index in [2.05, 4.69) is 0 Å². The molecule has 2 rings (SSSR count). The third-order valence-electron chi connectivity index (χ3n) is 4.79. The maximum absolute atomic E-state index is 10.3. The Morgan fingerprint density at radius 2 is 1.62 bits per heavy atom. The van der Waals surface area contributed by atoms with Crippen LogP contribution in [0.4, 0.5) is 0 Å². The lowest BCUT2D eigenvalue weighted by atomic mass is 9.72. The van der Waals surface area contributed by atoms with Crippen LogP contribution in [0.5, 0.6) is 0 Å². The molecule has 1 fully saturated rings. The lowest BCUT2D eigenvalue weighted by Crippen LogP contribution is -2.53. The zero-order chi connectivity index (χ0) is 15.9. The van der Waals surface area contributed by atoms with Gasteiger partial charge in [0.2, 0.25) is 0 Å². The molecular weight excluding hydrogens is 267 g/mol. The monoisotopic (exact) mass is 292 g/mol. The van der Waals surface area contributed by atoms with Gasteiger partial charge in [-0.15, -0.1) is 0 Å². The Balaban J connectivity index is 2.08. The number of hydrogen-bond acceptors (Lipinski definition) is 4. The molecule has 0 unspecified atom stereocenters. The van der Waals surface area contributed by atoms with Gasteiger partial charge < -0.3 is 19.9 Å². The topological polar surface area (TPSA) is 69.9 Å². The van der Waals surface area contributed by atoms with E-state index in [0.717, 1.165) is 24.8 Å². The summed E-state index contributed by atoms with van der Waals surface area (Å²) in [5.41, 5.74) is -1.17. The largest absolute Gasteiger partial charge is 0.491 e. The summed E-state index contributed by atoms with van der Waals surface area (Å²) < 4.78 is 5.60. The van der Waals surface area contributed by atoms with E-state index in [0.29, 0.717) is 5.46 Å². The molecule has 5 heteroatoms. The van der Waals surface area contributed by atoms with Crippen LogP contribution in [0.25, 0.3) is 0 Å². The maximum Gasteiger partial charge on any atom is 0.491 e. The van der Waals surface area contributed by atoms with Crippen molar-refractivity contribution >= 4 is 12.6 Å². The van der Waals surface area contributed by atoms with Gasteiger partial charge in [0.15, 0.2) is 0 Å². The van der Waals surface area contributed by atoms with Gasteiger partial charge in [0.25, 0.3) is 0 Å². The van der Waals surface area contributed by atoms with Crippen LogP contribution in [-0.2, 0) is 10.3 Å². The summed E-state index contributed by atoms with van der Waals surface area (Å²) in [6, 6.07) is 7.18. The molecule has 0 aromatic heterocycles. The molecule has 0 heterocycles. The first kappa shape index (κ1) is 16.5. The van der Waals surface area contributed by atoms with Crippen LogP contribution in [-0.4, -0.2) is 33.6 Å². The Hall–Kier alpha value is -0.875. The van der Waals surface area contributed by atoms with Crippen LogP contribution in [0.3, 0.4) is 0 Å². The lowest BCUT2D eigenvalue weighted by Gasteiger charge is -2.38. The zero-order valence-corrected chi connectivity index (χ0v) is 13.3. The van der Waals surface area contributed by atoms with Crippen LogP contribution >= 0.6 is 0 Å². The van der Waals surface area contributed by atoms with E-state index in [1.54, 1.807) is 39.8 Å². The molecule has 0 bridgehead atoms. The molecular formula is C16H25BO4. The Kier molecular flexibility index (Phi) is 4.24. The Labute approximate surface area is 126 Å². The number of benzene rings is 1. The summed E-state index contributed by atoms with van der Waals surface area (Å²) in [5.74, 6) is 0. The molecule has 116 valence electrons. The van der Waals surface area contributed by atoms with Gasteiger partial charge in [-0.3, -0.25) is 0 Å². The molecule has 0 aliphatic heterocycles. The SMILES string of the molecule is CC(C)(O)C(C)(C)OB(O)c1ccc(C2(O)CCC2)cc1. The van der Waals surface area contributed by atoms with Gasteiger partial charge >= 0.3 is 7.12 Å². The summed E-state index contributed by atoms with van der Waals surface area (Å²) in [6.07, 6.45) is 2.62. The lowest BCUT2D eigenvalue weighted by molar-refractivity contribution is -0.0982. The minimum Gasteiger partial charge on any atom is -0.423 e. The summed E-state index contributed by atoms with van der Waals surface area (Å²) >= 11 is 0. The fraction of sp³-hybridized carbons (Fsp3) is 0.625. The minimum atomic E-state index is -1.11. The van der Waals surface area contributed by atoms with Crippen molar-refractivity contribution in [2.75, 3.05) is 0 Å². The highest BCUT2D eigenvalue weighted by atomic mass is 16.5. The smallest absolute Gasteiger partial charge is 0.423 e. The normalized spacial score (nSPS) is 18.2. The molecule has 0 amide bonds.